The Balaban J connectivity index is 1.47. The Morgan fingerprint density at radius 2 is 1.79 bits per heavy atom. The van der Waals surface area contributed by atoms with Crippen LogP contribution < -0.4 is 15.0 Å². The van der Waals surface area contributed by atoms with Crippen molar-refractivity contribution in [2.24, 2.45) is 0 Å². The summed E-state index contributed by atoms with van der Waals surface area (Å²) in [5.74, 6) is 1.98. The summed E-state index contributed by atoms with van der Waals surface area (Å²) in [5, 5.41) is 3.36. The first-order valence-electron chi connectivity index (χ1n) is 11.4. The molecule has 5 rings (SSSR count). The topological polar surface area (TPSA) is 55.2 Å². The molecule has 1 aliphatic rings. The summed E-state index contributed by atoms with van der Waals surface area (Å²) in [6, 6.07) is 15.5. The number of nitrogens with zero attached hydrogens (tertiary/aromatic N) is 4. The van der Waals surface area contributed by atoms with Gasteiger partial charge in [0.2, 0.25) is 0 Å². The molecule has 0 unspecified atom stereocenters. The number of fused-ring (bicyclic) bond motifs is 1. The maximum absolute atomic E-state index is 12.9. The number of ether oxygens (including phenoxy) is 1. The van der Waals surface area contributed by atoms with Crippen LogP contribution in [0.15, 0.2) is 54.7 Å². The van der Waals surface area contributed by atoms with Crippen LogP contribution >= 0.6 is 0 Å². The van der Waals surface area contributed by atoms with Gasteiger partial charge >= 0.3 is 6.61 Å². The van der Waals surface area contributed by atoms with E-state index < -0.39 is 6.61 Å². The molecule has 1 fully saturated rings. The summed E-state index contributed by atoms with van der Waals surface area (Å²) in [6.45, 7) is 5.21. The fourth-order valence-electron chi connectivity index (χ4n) is 4.47. The quantitative estimate of drug-likeness (QED) is 0.446. The lowest BCUT2D eigenvalue weighted by atomic mass is 10.1. The SMILES string of the molecule is Cc1ccc(OC(F)F)c(Cn2c(C)nc3ccc(-c4ccc(N5CCNCC5)nc4)cc32)c1. The standard InChI is InChI=1S/C26H27F2N5O/c1-17-3-7-24(34-26(27)28)21(13-17)16-33-18(2)31-22-6-4-19(14-23(22)33)20-5-8-25(30-15-20)32-11-9-29-10-12-32/h3-8,13-15,26,29H,9-12,16H2,1-2H3. The van der Waals surface area contributed by atoms with Gasteiger partial charge in [-0.15, -0.1) is 0 Å². The lowest BCUT2D eigenvalue weighted by Crippen LogP contribution is -2.43. The van der Waals surface area contributed by atoms with Gasteiger partial charge in [-0.2, -0.15) is 8.78 Å². The molecular weight excluding hydrogens is 436 g/mol. The molecule has 1 aliphatic heterocycles. The van der Waals surface area contributed by atoms with E-state index >= 15 is 0 Å². The molecule has 8 heteroatoms. The van der Waals surface area contributed by atoms with Crippen molar-refractivity contribution in [3.05, 3.63) is 71.7 Å². The lowest BCUT2D eigenvalue weighted by molar-refractivity contribution is -0.0504. The molecule has 0 aliphatic carbocycles. The number of hydrogen-bond donors (Lipinski definition) is 1. The first kappa shape index (κ1) is 22.3. The second kappa shape index (κ2) is 9.38. The summed E-state index contributed by atoms with van der Waals surface area (Å²) >= 11 is 0. The normalized spacial score (nSPS) is 14.2. The average Bonchev–Trinajstić information content (AvgIpc) is 3.15. The number of rotatable bonds is 6. The molecule has 2 aromatic carbocycles. The Morgan fingerprint density at radius 3 is 2.53 bits per heavy atom. The maximum atomic E-state index is 12.9. The number of piperazine rings is 1. The lowest BCUT2D eigenvalue weighted by Gasteiger charge is -2.28. The van der Waals surface area contributed by atoms with Crippen molar-refractivity contribution in [1.29, 1.82) is 0 Å². The molecule has 2 aromatic heterocycles. The van der Waals surface area contributed by atoms with Gasteiger partial charge < -0.3 is 19.5 Å². The molecule has 0 atom stereocenters. The number of alkyl halides is 2. The number of benzene rings is 2. The number of aromatic nitrogens is 3. The van der Waals surface area contributed by atoms with Crippen LogP contribution in [-0.4, -0.2) is 47.3 Å². The molecule has 0 radical (unpaired) electrons. The first-order chi connectivity index (χ1) is 16.5. The van der Waals surface area contributed by atoms with Crippen molar-refractivity contribution < 1.29 is 13.5 Å². The van der Waals surface area contributed by atoms with E-state index in [1.54, 1.807) is 12.1 Å². The smallest absolute Gasteiger partial charge is 0.387 e. The van der Waals surface area contributed by atoms with E-state index in [-0.39, 0.29) is 5.75 Å². The molecule has 4 aromatic rings. The molecule has 0 spiro atoms. The van der Waals surface area contributed by atoms with Crippen LogP contribution in [0.5, 0.6) is 5.75 Å². The van der Waals surface area contributed by atoms with Gasteiger partial charge in [-0.25, -0.2) is 9.97 Å². The Bertz CT molecular complexity index is 1300. The Kier molecular flexibility index (Phi) is 6.15. The molecule has 1 saturated heterocycles. The predicted octanol–water partition coefficient (Wildman–Crippen LogP) is 4.77. The summed E-state index contributed by atoms with van der Waals surface area (Å²) in [6.07, 6.45) is 1.90. The minimum absolute atomic E-state index is 0.186. The number of aryl methyl sites for hydroxylation is 2. The summed E-state index contributed by atoms with van der Waals surface area (Å²) in [4.78, 5) is 11.6. The summed E-state index contributed by atoms with van der Waals surface area (Å²) < 4.78 is 32.7. The monoisotopic (exact) mass is 463 g/mol. The van der Waals surface area contributed by atoms with Crippen molar-refractivity contribution in [3.8, 4) is 16.9 Å². The predicted molar refractivity (Wildman–Crippen MR) is 130 cm³/mol. The van der Waals surface area contributed by atoms with E-state index in [2.05, 4.69) is 33.4 Å². The van der Waals surface area contributed by atoms with Gasteiger partial charge in [0.05, 0.1) is 17.6 Å². The number of halogens is 2. The molecule has 0 saturated carbocycles. The van der Waals surface area contributed by atoms with Crippen LogP contribution in [0.3, 0.4) is 0 Å². The van der Waals surface area contributed by atoms with E-state index in [9.17, 15) is 8.78 Å². The van der Waals surface area contributed by atoms with Gasteiger partial charge in [0.15, 0.2) is 0 Å². The van der Waals surface area contributed by atoms with E-state index in [0.29, 0.717) is 12.1 Å². The van der Waals surface area contributed by atoms with Gasteiger partial charge in [-0.05, 0) is 49.7 Å². The highest BCUT2D eigenvalue weighted by molar-refractivity contribution is 5.83. The van der Waals surface area contributed by atoms with Crippen molar-refractivity contribution in [1.82, 2.24) is 19.9 Å². The highest BCUT2D eigenvalue weighted by atomic mass is 19.3. The van der Waals surface area contributed by atoms with E-state index in [1.807, 2.05) is 42.8 Å². The van der Waals surface area contributed by atoms with Gasteiger partial charge in [0.1, 0.15) is 17.4 Å². The Morgan fingerprint density at radius 1 is 1.00 bits per heavy atom. The van der Waals surface area contributed by atoms with Crippen molar-refractivity contribution >= 4 is 16.9 Å². The fourth-order valence-corrected chi connectivity index (χ4v) is 4.47. The average molecular weight is 464 g/mol. The number of hydrogen-bond acceptors (Lipinski definition) is 5. The zero-order valence-corrected chi connectivity index (χ0v) is 19.3. The molecule has 3 heterocycles. The maximum Gasteiger partial charge on any atom is 0.387 e. The third kappa shape index (κ3) is 4.59. The van der Waals surface area contributed by atoms with Gasteiger partial charge in [0.25, 0.3) is 0 Å². The second-order valence-electron chi connectivity index (χ2n) is 8.58. The minimum atomic E-state index is -2.87. The highest BCUT2D eigenvalue weighted by Crippen LogP contribution is 2.29. The van der Waals surface area contributed by atoms with Crippen LogP contribution in [0.25, 0.3) is 22.2 Å². The number of pyridine rings is 1. The number of anilines is 1. The van der Waals surface area contributed by atoms with Gasteiger partial charge in [-0.1, -0.05) is 23.8 Å². The van der Waals surface area contributed by atoms with Crippen LogP contribution in [-0.2, 0) is 6.54 Å². The molecular formula is C26H27F2N5O. The Labute approximate surface area is 197 Å². The second-order valence-corrected chi connectivity index (χ2v) is 8.58. The molecule has 34 heavy (non-hydrogen) atoms. The summed E-state index contributed by atoms with van der Waals surface area (Å²) in [5.41, 5.74) is 5.51. The first-order valence-corrected chi connectivity index (χ1v) is 11.4. The van der Waals surface area contributed by atoms with Crippen molar-refractivity contribution in [3.63, 3.8) is 0 Å². The third-order valence-electron chi connectivity index (χ3n) is 6.22. The fraction of sp³-hybridized carbons (Fsp3) is 0.308. The van der Waals surface area contributed by atoms with E-state index in [0.717, 1.165) is 65.5 Å². The zero-order valence-electron chi connectivity index (χ0n) is 19.3. The molecule has 1 N–H and O–H groups in total. The zero-order chi connectivity index (χ0) is 23.7. The van der Waals surface area contributed by atoms with Crippen LogP contribution in [0.2, 0.25) is 0 Å². The van der Waals surface area contributed by atoms with E-state index in [1.165, 1.54) is 0 Å². The minimum Gasteiger partial charge on any atom is -0.434 e. The highest BCUT2D eigenvalue weighted by Gasteiger charge is 2.15. The molecule has 176 valence electrons. The van der Waals surface area contributed by atoms with E-state index in [4.69, 9.17) is 9.72 Å². The van der Waals surface area contributed by atoms with Crippen LogP contribution in [0.1, 0.15) is 17.0 Å². The van der Waals surface area contributed by atoms with Crippen molar-refractivity contribution in [2.45, 2.75) is 27.0 Å². The van der Waals surface area contributed by atoms with Gasteiger partial charge in [0, 0.05) is 43.5 Å². The summed E-state index contributed by atoms with van der Waals surface area (Å²) in [7, 11) is 0. The largest absolute Gasteiger partial charge is 0.434 e. The number of nitrogens with one attached hydrogen (secondary N) is 1. The van der Waals surface area contributed by atoms with Gasteiger partial charge in [-0.3, -0.25) is 0 Å². The molecule has 0 bridgehead atoms. The van der Waals surface area contributed by atoms with Crippen LogP contribution in [0, 0.1) is 13.8 Å². The molecule has 0 amide bonds. The Hall–Kier alpha value is -3.52. The number of imidazole rings is 1. The third-order valence-corrected chi connectivity index (χ3v) is 6.22. The van der Waals surface area contributed by atoms with Crippen molar-refractivity contribution in [2.75, 3.05) is 31.1 Å². The molecule has 6 nitrogen and oxygen atoms in total. The van der Waals surface area contributed by atoms with Crippen LogP contribution in [0.4, 0.5) is 14.6 Å².